The molecule has 0 saturated carbocycles. The van der Waals surface area contributed by atoms with Gasteiger partial charge in [-0.3, -0.25) is 4.79 Å². The lowest BCUT2D eigenvalue weighted by molar-refractivity contribution is -0.144. The lowest BCUT2D eigenvalue weighted by atomic mass is 9.94. The van der Waals surface area contributed by atoms with Crippen molar-refractivity contribution in [2.45, 2.75) is 91.6 Å². The Bertz CT molecular complexity index is 264. The van der Waals surface area contributed by atoms with Crippen LogP contribution in [-0.2, 0) is 9.53 Å². The third kappa shape index (κ3) is 9.13. The number of carbonyl (C=O) groups excluding carboxylic acids is 1. The number of nitrogens with one attached hydrogen (secondary N) is 1. The maximum Gasteiger partial charge on any atom is 0.323 e. The Labute approximate surface area is 132 Å². The molecule has 3 nitrogen and oxygen atoms in total. The number of hydrogen-bond donors (Lipinski definition) is 1. The molecule has 0 rings (SSSR count). The maximum atomic E-state index is 11.9. The highest BCUT2D eigenvalue weighted by Gasteiger charge is 2.26. The lowest BCUT2D eigenvalue weighted by Crippen LogP contribution is -2.49. The van der Waals surface area contributed by atoms with Crippen LogP contribution >= 0.6 is 0 Å². The fourth-order valence-electron chi connectivity index (χ4n) is 2.64. The van der Waals surface area contributed by atoms with E-state index in [4.69, 9.17) is 4.74 Å². The number of methoxy groups -OCH3 is 1. The first-order valence-corrected chi connectivity index (χ1v) is 8.77. The molecule has 2 atom stereocenters. The highest BCUT2D eigenvalue weighted by atomic mass is 16.5. The van der Waals surface area contributed by atoms with Crippen LogP contribution < -0.4 is 5.32 Å². The van der Waals surface area contributed by atoms with Gasteiger partial charge in [0.2, 0.25) is 0 Å². The van der Waals surface area contributed by atoms with Gasteiger partial charge in [-0.05, 0) is 18.3 Å². The number of esters is 1. The number of hydrogen-bond acceptors (Lipinski definition) is 3. The first-order valence-electron chi connectivity index (χ1n) is 8.77. The maximum absolute atomic E-state index is 11.9. The van der Waals surface area contributed by atoms with E-state index in [1.54, 1.807) is 0 Å². The molecule has 0 aromatic heterocycles. The van der Waals surface area contributed by atoms with Crippen LogP contribution in [0.25, 0.3) is 0 Å². The molecule has 0 radical (unpaired) electrons. The van der Waals surface area contributed by atoms with E-state index in [2.05, 4.69) is 39.9 Å². The molecule has 0 bridgehead atoms. The molecule has 0 unspecified atom stereocenters. The summed E-state index contributed by atoms with van der Waals surface area (Å²) in [5, 5.41) is 3.53. The number of rotatable bonds is 12. The molecule has 21 heavy (non-hydrogen) atoms. The third-order valence-electron chi connectivity index (χ3n) is 4.19. The molecular weight excluding hydrogens is 262 g/mol. The quantitative estimate of drug-likeness (QED) is 0.424. The average Bonchev–Trinajstić information content (AvgIpc) is 2.44. The third-order valence-corrected chi connectivity index (χ3v) is 4.19. The van der Waals surface area contributed by atoms with E-state index >= 15 is 0 Å². The van der Waals surface area contributed by atoms with Crippen molar-refractivity contribution in [2.24, 2.45) is 11.8 Å². The van der Waals surface area contributed by atoms with Gasteiger partial charge in [0.15, 0.2) is 0 Å². The van der Waals surface area contributed by atoms with Gasteiger partial charge in [0.25, 0.3) is 0 Å². The van der Waals surface area contributed by atoms with Crippen molar-refractivity contribution < 1.29 is 9.53 Å². The minimum atomic E-state index is -0.192. The van der Waals surface area contributed by atoms with Crippen LogP contribution in [-0.4, -0.2) is 25.2 Å². The molecule has 0 fully saturated rings. The van der Waals surface area contributed by atoms with Gasteiger partial charge >= 0.3 is 5.97 Å². The zero-order valence-electron chi connectivity index (χ0n) is 15.1. The molecule has 0 heterocycles. The molecule has 126 valence electrons. The summed E-state index contributed by atoms with van der Waals surface area (Å²) < 4.78 is 4.92. The normalized spacial score (nSPS) is 14.5. The Morgan fingerprint density at radius 2 is 1.52 bits per heavy atom. The zero-order chi connectivity index (χ0) is 16.3. The largest absolute Gasteiger partial charge is 0.468 e. The van der Waals surface area contributed by atoms with E-state index in [0.717, 1.165) is 6.42 Å². The van der Waals surface area contributed by atoms with Crippen LogP contribution in [0.2, 0.25) is 0 Å². The minimum absolute atomic E-state index is 0.140. The molecule has 0 aliphatic heterocycles. The summed E-state index contributed by atoms with van der Waals surface area (Å²) in [6.45, 7) is 10.8. The van der Waals surface area contributed by atoms with E-state index in [1.807, 2.05) is 0 Å². The first-order chi connectivity index (χ1) is 9.93. The molecule has 0 aromatic rings. The predicted molar refractivity (Wildman–Crippen MR) is 90.4 cm³/mol. The van der Waals surface area contributed by atoms with Gasteiger partial charge in [0.1, 0.15) is 6.04 Å². The van der Waals surface area contributed by atoms with Crippen LogP contribution in [0.5, 0.6) is 0 Å². The van der Waals surface area contributed by atoms with E-state index in [-0.39, 0.29) is 17.9 Å². The van der Waals surface area contributed by atoms with Crippen molar-refractivity contribution in [1.82, 2.24) is 5.32 Å². The summed E-state index contributed by atoms with van der Waals surface area (Å²) in [6, 6.07) is 0.199. The number of carbonyl (C=O) groups is 1. The highest BCUT2D eigenvalue weighted by Crippen LogP contribution is 2.16. The monoisotopic (exact) mass is 299 g/mol. The van der Waals surface area contributed by atoms with Gasteiger partial charge in [-0.25, -0.2) is 0 Å². The molecule has 0 spiro atoms. The van der Waals surface area contributed by atoms with Crippen molar-refractivity contribution in [3.63, 3.8) is 0 Å². The molecular formula is C18H37NO2. The fourth-order valence-corrected chi connectivity index (χ4v) is 2.64. The fraction of sp³-hybridized carbons (Fsp3) is 0.944. The van der Waals surface area contributed by atoms with E-state index in [0.29, 0.717) is 12.0 Å². The summed E-state index contributed by atoms with van der Waals surface area (Å²) in [5.74, 6) is 0.647. The molecule has 0 amide bonds. The molecule has 3 heteroatoms. The minimum Gasteiger partial charge on any atom is -0.468 e. The number of ether oxygens (including phenoxy) is 1. The summed E-state index contributed by atoms with van der Waals surface area (Å²) in [6.07, 6.45) is 9.02. The SMILES string of the molecule is CCCCCCCC[C@@H](N[C@H](C(=O)OC)C(C)C)C(C)C. The second-order valence-corrected chi connectivity index (χ2v) is 6.82. The first kappa shape index (κ1) is 20.4. The molecule has 0 aliphatic carbocycles. The van der Waals surface area contributed by atoms with Crippen molar-refractivity contribution in [2.75, 3.05) is 7.11 Å². The van der Waals surface area contributed by atoms with Crippen molar-refractivity contribution in [1.29, 1.82) is 0 Å². The summed E-state index contributed by atoms with van der Waals surface area (Å²) in [4.78, 5) is 11.9. The smallest absolute Gasteiger partial charge is 0.323 e. The van der Waals surface area contributed by atoms with Gasteiger partial charge in [0.05, 0.1) is 7.11 Å². The van der Waals surface area contributed by atoms with E-state index in [1.165, 1.54) is 45.6 Å². The zero-order valence-corrected chi connectivity index (χ0v) is 15.1. The summed E-state index contributed by atoms with van der Waals surface area (Å²) in [5.41, 5.74) is 0. The van der Waals surface area contributed by atoms with E-state index in [9.17, 15) is 4.79 Å². The molecule has 0 aromatic carbocycles. The van der Waals surface area contributed by atoms with Crippen LogP contribution in [0.3, 0.4) is 0 Å². The molecule has 0 aliphatic rings. The van der Waals surface area contributed by atoms with Gasteiger partial charge in [-0.1, -0.05) is 73.1 Å². The van der Waals surface area contributed by atoms with Crippen LogP contribution in [0.4, 0.5) is 0 Å². The molecule has 1 N–H and O–H groups in total. The van der Waals surface area contributed by atoms with Gasteiger partial charge in [-0.15, -0.1) is 0 Å². The molecule has 0 saturated heterocycles. The predicted octanol–water partition coefficient (Wildman–Crippen LogP) is 4.55. The summed E-state index contributed by atoms with van der Waals surface area (Å²) in [7, 11) is 1.47. The second kappa shape index (κ2) is 12.0. The lowest BCUT2D eigenvalue weighted by Gasteiger charge is -2.29. The average molecular weight is 299 g/mol. The highest BCUT2D eigenvalue weighted by molar-refractivity contribution is 5.75. The Hall–Kier alpha value is -0.570. The van der Waals surface area contributed by atoms with Gasteiger partial charge < -0.3 is 10.1 Å². The van der Waals surface area contributed by atoms with Crippen LogP contribution in [0.15, 0.2) is 0 Å². The van der Waals surface area contributed by atoms with Gasteiger partial charge in [0, 0.05) is 6.04 Å². The Kier molecular flexibility index (Phi) is 11.7. The van der Waals surface area contributed by atoms with Crippen molar-refractivity contribution in [3.05, 3.63) is 0 Å². The Morgan fingerprint density at radius 3 is 2.00 bits per heavy atom. The van der Waals surface area contributed by atoms with Crippen LogP contribution in [0, 0.1) is 11.8 Å². The summed E-state index contributed by atoms with van der Waals surface area (Å²) >= 11 is 0. The number of unbranched alkanes of at least 4 members (excludes halogenated alkanes) is 5. The van der Waals surface area contributed by atoms with Gasteiger partial charge in [-0.2, -0.15) is 0 Å². The topological polar surface area (TPSA) is 38.3 Å². The van der Waals surface area contributed by atoms with Crippen molar-refractivity contribution >= 4 is 5.97 Å². The Morgan fingerprint density at radius 1 is 0.952 bits per heavy atom. The van der Waals surface area contributed by atoms with Crippen molar-refractivity contribution in [3.8, 4) is 0 Å². The standard InChI is InChI=1S/C18H37NO2/c1-7-8-9-10-11-12-13-16(14(2)3)19-17(15(4)5)18(20)21-6/h14-17,19H,7-13H2,1-6H3/t16-,17+/m1/s1. The van der Waals surface area contributed by atoms with Crippen LogP contribution in [0.1, 0.15) is 79.6 Å². The van der Waals surface area contributed by atoms with E-state index < -0.39 is 0 Å². The second-order valence-electron chi connectivity index (χ2n) is 6.82. The Balaban J connectivity index is 4.24.